The highest BCUT2D eigenvalue weighted by molar-refractivity contribution is 7.17. The van der Waals surface area contributed by atoms with Crippen LogP contribution in [0.25, 0.3) is 10.1 Å². The summed E-state index contributed by atoms with van der Waals surface area (Å²) in [5, 5.41) is 3.40. The minimum Gasteiger partial charge on any atom is -0.487 e. The Bertz CT molecular complexity index is 738. The lowest BCUT2D eigenvalue weighted by Gasteiger charge is -2.09. The summed E-state index contributed by atoms with van der Waals surface area (Å²) in [7, 11) is 0. The Labute approximate surface area is 127 Å². The SMILES string of the molecule is Cc1ccc(OCc2csc3ccccc23)c(CCl)n1. The number of ether oxygens (including phenoxy) is 1. The van der Waals surface area contributed by atoms with Crippen LogP contribution in [0, 0.1) is 6.92 Å². The molecule has 2 nitrogen and oxygen atoms in total. The lowest BCUT2D eigenvalue weighted by molar-refractivity contribution is 0.304. The van der Waals surface area contributed by atoms with Crippen LogP contribution in [-0.2, 0) is 12.5 Å². The first-order valence-electron chi connectivity index (χ1n) is 6.38. The summed E-state index contributed by atoms with van der Waals surface area (Å²) in [5.41, 5.74) is 2.95. The molecule has 0 aliphatic rings. The standard InChI is InChI=1S/C16H14ClNOS/c1-11-6-7-15(14(8-17)18-11)19-9-12-10-20-16-5-3-2-4-13(12)16/h2-7,10H,8-9H2,1H3. The van der Waals surface area contributed by atoms with E-state index in [2.05, 4.69) is 34.6 Å². The molecule has 3 aromatic rings. The number of fused-ring (bicyclic) bond motifs is 1. The van der Waals surface area contributed by atoms with Crippen molar-refractivity contribution in [1.82, 2.24) is 4.98 Å². The monoisotopic (exact) mass is 303 g/mol. The number of alkyl halides is 1. The second kappa shape index (κ2) is 5.81. The third kappa shape index (κ3) is 2.65. The molecule has 0 bridgehead atoms. The fraction of sp³-hybridized carbons (Fsp3) is 0.188. The number of nitrogens with zero attached hydrogens (tertiary/aromatic N) is 1. The molecule has 3 rings (SSSR count). The maximum atomic E-state index is 5.92. The normalized spacial score (nSPS) is 10.9. The highest BCUT2D eigenvalue weighted by Gasteiger charge is 2.08. The predicted molar refractivity (Wildman–Crippen MR) is 84.7 cm³/mol. The summed E-state index contributed by atoms with van der Waals surface area (Å²) in [6.45, 7) is 2.49. The summed E-state index contributed by atoms with van der Waals surface area (Å²) in [6.07, 6.45) is 0. The number of aromatic nitrogens is 1. The van der Waals surface area contributed by atoms with Gasteiger partial charge in [0.2, 0.25) is 0 Å². The molecule has 0 saturated carbocycles. The van der Waals surface area contributed by atoms with E-state index in [1.807, 2.05) is 19.1 Å². The summed E-state index contributed by atoms with van der Waals surface area (Å²) in [4.78, 5) is 4.40. The third-order valence-electron chi connectivity index (χ3n) is 3.14. The number of thiophene rings is 1. The molecule has 4 heteroatoms. The molecule has 102 valence electrons. The summed E-state index contributed by atoms with van der Waals surface area (Å²) < 4.78 is 7.18. The van der Waals surface area contributed by atoms with Crippen LogP contribution in [0.3, 0.4) is 0 Å². The fourth-order valence-electron chi connectivity index (χ4n) is 2.12. The largest absolute Gasteiger partial charge is 0.487 e. The van der Waals surface area contributed by atoms with Crippen LogP contribution in [0.2, 0.25) is 0 Å². The van der Waals surface area contributed by atoms with Crippen LogP contribution in [0.15, 0.2) is 41.8 Å². The molecule has 0 spiro atoms. The molecule has 0 radical (unpaired) electrons. The molecule has 2 heterocycles. The van der Waals surface area contributed by atoms with E-state index in [9.17, 15) is 0 Å². The van der Waals surface area contributed by atoms with Crippen LogP contribution in [0.1, 0.15) is 17.0 Å². The average molecular weight is 304 g/mol. The van der Waals surface area contributed by atoms with Crippen molar-refractivity contribution in [2.45, 2.75) is 19.4 Å². The van der Waals surface area contributed by atoms with E-state index < -0.39 is 0 Å². The van der Waals surface area contributed by atoms with Gasteiger partial charge in [0.25, 0.3) is 0 Å². The number of halogens is 1. The average Bonchev–Trinajstić information content (AvgIpc) is 2.89. The van der Waals surface area contributed by atoms with Gasteiger partial charge in [-0.2, -0.15) is 0 Å². The summed E-state index contributed by atoms with van der Waals surface area (Å²) in [6, 6.07) is 12.2. The highest BCUT2D eigenvalue weighted by Crippen LogP contribution is 2.27. The summed E-state index contributed by atoms with van der Waals surface area (Å²) >= 11 is 7.66. The van der Waals surface area contributed by atoms with Crippen molar-refractivity contribution in [3.63, 3.8) is 0 Å². The molecule has 0 aliphatic carbocycles. The van der Waals surface area contributed by atoms with Crippen molar-refractivity contribution in [2.24, 2.45) is 0 Å². The maximum absolute atomic E-state index is 5.92. The van der Waals surface area contributed by atoms with Crippen molar-refractivity contribution in [2.75, 3.05) is 0 Å². The van der Waals surface area contributed by atoms with Crippen molar-refractivity contribution in [3.8, 4) is 5.75 Å². The van der Waals surface area contributed by atoms with Gasteiger partial charge in [-0.05, 0) is 35.9 Å². The zero-order valence-electron chi connectivity index (χ0n) is 11.1. The Morgan fingerprint density at radius 2 is 2.05 bits per heavy atom. The second-order valence-electron chi connectivity index (χ2n) is 4.58. The Balaban J connectivity index is 1.83. The van der Waals surface area contributed by atoms with E-state index in [1.54, 1.807) is 11.3 Å². The van der Waals surface area contributed by atoms with E-state index in [0.29, 0.717) is 12.5 Å². The molecule has 0 saturated heterocycles. The van der Waals surface area contributed by atoms with Crippen molar-refractivity contribution in [1.29, 1.82) is 0 Å². The zero-order valence-corrected chi connectivity index (χ0v) is 12.7. The van der Waals surface area contributed by atoms with Crippen molar-refractivity contribution >= 4 is 33.0 Å². The first-order chi connectivity index (χ1) is 9.78. The van der Waals surface area contributed by atoms with E-state index in [0.717, 1.165) is 17.1 Å². The number of hydrogen-bond donors (Lipinski definition) is 0. The molecule has 0 amide bonds. The zero-order chi connectivity index (χ0) is 13.9. The molecule has 0 fully saturated rings. The van der Waals surface area contributed by atoms with Gasteiger partial charge in [0, 0.05) is 16.0 Å². The molecule has 0 aliphatic heterocycles. The van der Waals surface area contributed by atoms with Crippen LogP contribution in [0.5, 0.6) is 5.75 Å². The number of pyridine rings is 1. The number of rotatable bonds is 4. The van der Waals surface area contributed by atoms with E-state index in [1.165, 1.54) is 15.6 Å². The highest BCUT2D eigenvalue weighted by atomic mass is 35.5. The Hall–Kier alpha value is -1.58. The Kier molecular flexibility index (Phi) is 3.90. The molecule has 20 heavy (non-hydrogen) atoms. The van der Waals surface area contributed by atoms with Crippen molar-refractivity contribution in [3.05, 3.63) is 58.7 Å². The molecule has 0 unspecified atom stereocenters. The fourth-order valence-corrected chi connectivity index (χ4v) is 3.26. The topological polar surface area (TPSA) is 22.1 Å². The minimum atomic E-state index is 0.362. The van der Waals surface area contributed by atoms with Crippen LogP contribution in [0.4, 0.5) is 0 Å². The predicted octanol–water partition coefficient (Wildman–Crippen LogP) is 4.92. The van der Waals surface area contributed by atoms with Crippen LogP contribution >= 0.6 is 22.9 Å². The molecule has 2 aromatic heterocycles. The van der Waals surface area contributed by atoms with E-state index in [4.69, 9.17) is 16.3 Å². The van der Waals surface area contributed by atoms with Gasteiger partial charge in [-0.15, -0.1) is 22.9 Å². The molecule has 0 atom stereocenters. The number of aryl methyl sites for hydroxylation is 1. The van der Waals surface area contributed by atoms with Gasteiger partial charge in [-0.3, -0.25) is 4.98 Å². The van der Waals surface area contributed by atoms with Gasteiger partial charge in [0.15, 0.2) is 0 Å². The minimum absolute atomic E-state index is 0.362. The maximum Gasteiger partial charge on any atom is 0.142 e. The number of benzene rings is 1. The third-order valence-corrected chi connectivity index (χ3v) is 4.41. The smallest absolute Gasteiger partial charge is 0.142 e. The first-order valence-corrected chi connectivity index (χ1v) is 7.80. The van der Waals surface area contributed by atoms with Gasteiger partial charge in [0.1, 0.15) is 12.4 Å². The van der Waals surface area contributed by atoms with Crippen molar-refractivity contribution < 1.29 is 4.74 Å². The van der Waals surface area contributed by atoms with Crippen LogP contribution < -0.4 is 4.74 Å². The number of hydrogen-bond acceptors (Lipinski definition) is 3. The molecular formula is C16H14ClNOS. The molecular weight excluding hydrogens is 290 g/mol. The van der Waals surface area contributed by atoms with E-state index in [-0.39, 0.29) is 0 Å². The lowest BCUT2D eigenvalue weighted by Crippen LogP contribution is -1.99. The Morgan fingerprint density at radius 3 is 2.90 bits per heavy atom. The molecule has 1 aromatic carbocycles. The van der Waals surface area contributed by atoms with Gasteiger partial charge in [-0.25, -0.2) is 0 Å². The second-order valence-corrected chi connectivity index (χ2v) is 5.76. The first kappa shape index (κ1) is 13.4. The lowest BCUT2D eigenvalue weighted by atomic mass is 10.2. The quantitative estimate of drug-likeness (QED) is 0.638. The van der Waals surface area contributed by atoms with E-state index >= 15 is 0 Å². The summed E-state index contributed by atoms with van der Waals surface area (Å²) in [5.74, 6) is 1.13. The van der Waals surface area contributed by atoms with Crippen LogP contribution in [-0.4, -0.2) is 4.98 Å². The van der Waals surface area contributed by atoms with Gasteiger partial charge < -0.3 is 4.74 Å². The van der Waals surface area contributed by atoms with Gasteiger partial charge >= 0.3 is 0 Å². The Morgan fingerprint density at radius 1 is 1.20 bits per heavy atom. The molecule has 0 N–H and O–H groups in total. The van der Waals surface area contributed by atoms with Gasteiger partial charge in [0.05, 0.1) is 11.6 Å². The van der Waals surface area contributed by atoms with Gasteiger partial charge in [-0.1, -0.05) is 18.2 Å².